The van der Waals surface area contributed by atoms with Gasteiger partial charge in [0, 0.05) is 12.6 Å². The van der Waals surface area contributed by atoms with Crippen LogP contribution < -0.4 is 5.73 Å². The third kappa shape index (κ3) is 4.10. The third-order valence-electron chi connectivity index (χ3n) is 2.92. The minimum absolute atomic E-state index is 0.130. The summed E-state index contributed by atoms with van der Waals surface area (Å²) in [5.41, 5.74) is 6.83. The number of rotatable bonds is 7. The van der Waals surface area contributed by atoms with Gasteiger partial charge in [-0.1, -0.05) is 26.0 Å². The van der Waals surface area contributed by atoms with Crippen LogP contribution >= 0.6 is 0 Å². The molecular weight excluding hydrogens is 215 g/mol. The van der Waals surface area contributed by atoms with Crippen molar-refractivity contribution >= 4 is 0 Å². The molecule has 1 unspecified atom stereocenters. The van der Waals surface area contributed by atoms with Gasteiger partial charge < -0.3 is 5.73 Å². The molecule has 0 spiro atoms. The van der Waals surface area contributed by atoms with E-state index in [1.54, 1.807) is 12.1 Å². The number of hydrogen-bond acceptors (Lipinski definition) is 2. The normalized spacial score (nSPS) is 13.0. The summed E-state index contributed by atoms with van der Waals surface area (Å²) in [4.78, 5) is 2.34. The molecule has 17 heavy (non-hydrogen) atoms. The molecular formula is C14H23FN2. The Morgan fingerprint density at radius 2 is 1.88 bits per heavy atom. The summed E-state index contributed by atoms with van der Waals surface area (Å²) >= 11 is 0. The molecule has 0 saturated carbocycles. The molecule has 0 aliphatic carbocycles. The fourth-order valence-electron chi connectivity index (χ4n) is 2.21. The summed E-state index contributed by atoms with van der Waals surface area (Å²) in [5, 5.41) is 0. The van der Waals surface area contributed by atoms with E-state index >= 15 is 0 Å². The van der Waals surface area contributed by atoms with Crippen LogP contribution in [-0.2, 0) is 0 Å². The van der Waals surface area contributed by atoms with Gasteiger partial charge in [0.1, 0.15) is 5.82 Å². The average molecular weight is 238 g/mol. The number of halogens is 1. The molecule has 1 atom stereocenters. The number of benzene rings is 1. The molecule has 0 aliphatic rings. The van der Waals surface area contributed by atoms with E-state index in [-0.39, 0.29) is 11.9 Å². The Labute approximate surface area is 104 Å². The van der Waals surface area contributed by atoms with Crippen molar-refractivity contribution in [3.05, 3.63) is 35.6 Å². The Morgan fingerprint density at radius 1 is 1.24 bits per heavy atom. The molecule has 0 radical (unpaired) electrons. The van der Waals surface area contributed by atoms with Crippen LogP contribution in [0.25, 0.3) is 0 Å². The molecule has 0 aromatic heterocycles. The van der Waals surface area contributed by atoms with Crippen molar-refractivity contribution in [2.75, 3.05) is 19.6 Å². The molecule has 0 heterocycles. The Hall–Kier alpha value is -0.930. The Balaban J connectivity index is 2.87. The first kappa shape index (κ1) is 14.1. The zero-order valence-corrected chi connectivity index (χ0v) is 10.8. The van der Waals surface area contributed by atoms with Gasteiger partial charge in [0.15, 0.2) is 0 Å². The zero-order chi connectivity index (χ0) is 12.7. The van der Waals surface area contributed by atoms with Crippen molar-refractivity contribution in [2.24, 2.45) is 5.73 Å². The highest BCUT2D eigenvalue weighted by Gasteiger charge is 2.17. The molecule has 0 saturated heterocycles. The lowest BCUT2D eigenvalue weighted by atomic mass is 10.0. The van der Waals surface area contributed by atoms with Crippen molar-refractivity contribution < 1.29 is 4.39 Å². The van der Waals surface area contributed by atoms with Crippen LogP contribution in [0, 0.1) is 5.82 Å². The maximum Gasteiger partial charge on any atom is 0.123 e. The highest BCUT2D eigenvalue weighted by atomic mass is 19.1. The lowest BCUT2D eigenvalue weighted by Gasteiger charge is -2.30. The van der Waals surface area contributed by atoms with Crippen LogP contribution in [0.3, 0.4) is 0 Å². The maximum atomic E-state index is 13.2. The molecule has 1 aromatic rings. The molecule has 2 nitrogen and oxygen atoms in total. The van der Waals surface area contributed by atoms with E-state index in [1.165, 1.54) is 6.07 Å². The minimum atomic E-state index is -0.186. The van der Waals surface area contributed by atoms with E-state index in [4.69, 9.17) is 5.73 Å². The second-order valence-corrected chi connectivity index (χ2v) is 4.34. The fraction of sp³-hybridized carbons (Fsp3) is 0.571. The number of nitrogens with zero attached hydrogens (tertiary/aromatic N) is 1. The monoisotopic (exact) mass is 238 g/mol. The Morgan fingerprint density at radius 3 is 2.35 bits per heavy atom. The lowest BCUT2D eigenvalue weighted by Crippen LogP contribution is -2.35. The Kier molecular flexibility index (Phi) is 6.16. The molecule has 2 N–H and O–H groups in total. The Bertz CT molecular complexity index is 322. The van der Waals surface area contributed by atoms with Crippen molar-refractivity contribution in [1.82, 2.24) is 4.90 Å². The molecule has 1 aromatic carbocycles. The summed E-state index contributed by atoms with van der Waals surface area (Å²) in [6, 6.07) is 6.91. The van der Waals surface area contributed by atoms with Gasteiger partial charge >= 0.3 is 0 Å². The maximum absolute atomic E-state index is 13.2. The fourth-order valence-corrected chi connectivity index (χ4v) is 2.21. The first-order valence-electron chi connectivity index (χ1n) is 6.42. The van der Waals surface area contributed by atoms with Crippen molar-refractivity contribution in [3.63, 3.8) is 0 Å². The van der Waals surface area contributed by atoms with Gasteiger partial charge in [-0.2, -0.15) is 0 Å². The minimum Gasteiger partial charge on any atom is -0.329 e. The van der Waals surface area contributed by atoms with Gasteiger partial charge in [-0.15, -0.1) is 0 Å². The molecule has 96 valence electrons. The summed E-state index contributed by atoms with van der Waals surface area (Å²) < 4.78 is 13.2. The standard InChI is InChI=1S/C14H23FN2/c1-3-8-17(9-4-2)14(11-16)12-6-5-7-13(15)10-12/h5-7,10,14H,3-4,8-9,11,16H2,1-2H3. The highest BCUT2D eigenvalue weighted by Crippen LogP contribution is 2.21. The molecule has 0 bridgehead atoms. The molecule has 0 fully saturated rings. The first-order chi connectivity index (χ1) is 8.22. The van der Waals surface area contributed by atoms with Gasteiger partial charge in [-0.05, 0) is 43.6 Å². The molecule has 3 heteroatoms. The molecule has 1 rings (SSSR count). The van der Waals surface area contributed by atoms with E-state index in [0.29, 0.717) is 6.54 Å². The van der Waals surface area contributed by atoms with Crippen molar-refractivity contribution in [1.29, 1.82) is 0 Å². The predicted molar refractivity (Wildman–Crippen MR) is 70.4 cm³/mol. The van der Waals surface area contributed by atoms with Crippen LogP contribution in [0.4, 0.5) is 4.39 Å². The summed E-state index contributed by atoms with van der Waals surface area (Å²) in [6.45, 7) is 6.85. The second kappa shape index (κ2) is 7.41. The molecule has 0 amide bonds. The average Bonchev–Trinajstić information content (AvgIpc) is 2.31. The van der Waals surface area contributed by atoms with Crippen LogP contribution in [0.15, 0.2) is 24.3 Å². The first-order valence-corrected chi connectivity index (χ1v) is 6.42. The third-order valence-corrected chi connectivity index (χ3v) is 2.92. The van der Waals surface area contributed by atoms with Crippen LogP contribution in [0.1, 0.15) is 38.3 Å². The van der Waals surface area contributed by atoms with Crippen molar-refractivity contribution in [3.8, 4) is 0 Å². The quantitative estimate of drug-likeness (QED) is 0.791. The topological polar surface area (TPSA) is 29.3 Å². The van der Waals surface area contributed by atoms with E-state index in [9.17, 15) is 4.39 Å². The number of hydrogen-bond donors (Lipinski definition) is 1. The lowest BCUT2D eigenvalue weighted by molar-refractivity contribution is 0.202. The van der Waals surface area contributed by atoms with Gasteiger partial charge in [-0.25, -0.2) is 4.39 Å². The van der Waals surface area contributed by atoms with Crippen LogP contribution in [0.5, 0.6) is 0 Å². The van der Waals surface area contributed by atoms with Gasteiger partial charge in [0.25, 0.3) is 0 Å². The van der Waals surface area contributed by atoms with Crippen LogP contribution in [-0.4, -0.2) is 24.5 Å². The van der Waals surface area contributed by atoms with E-state index in [2.05, 4.69) is 18.7 Å². The van der Waals surface area contributed by atoms with E-state index < -0.39 is 0 Å². The van der Waals surface area contributed by atoms with Crippen molar-refractivity contribution in [2.45, 2.75) is 32.7 Å². The predicted octanol–water partition coefficient (Wildman–Crippen LogP) is 2.95. The number of nitrogens with two attached hydrogens (primary N) is 1. The summed E-state index contributed by atoms with van der Waals surface area (Å²) in [5.74, 6) is -0.186. The van der Waals surface area contributed by atoms with Gasteiger partial charge in [-0.3, -0.25) is 4.90 Å². The van der Waals surface area contributed by atoms with Gasteiger partial charge in [0.05, 0.1) is 0 Å². The SMILES string of the molecule is CCCN(CCC)C(CN)c1cccc(F)c1. The van der Waals surface area contributed by atoms with Gasteiger partial charge in [0.2, 0.25) is 0 Å². The second-order valence-electron chi connectivity index (χ2n) is 4.34. The smallest absolute Gasteiger partial charge is 0.123 e. The summed E-state index contributed by atoms with van der Waals surface area (Å²) in [7, 11) is 0. The molecule has 0 aliphatic heterocycles. The van der Waals surface area contributed by atoms with Crippen LogP contribution in [0.2, 0.25) is 0 Å². The zero-order valence-electron chi connectivity index (χ0n) is 10.8. The van der Waals surface area contributed by atoms with E-state index in [1.807, 2.05) is 6.07 Å². The highest BCUT2D eigenvalue weighted by molar-refractivity contribution is 5.20. The summed E-state index contributed by atoms with van der Waals surface area (Å²) in [6.07, 6.45) is 2.18. The largest absolute Gasteiger partial charge is 0.329 e. The van der Waals surface area contributed by atoms with E-state index in [0.717, 1.165) is 31.5 Å².